The Morgan fingerprint density at radius 2 is 2.05 bits per heavy atom. The number of benzene rings is 1. The van der Waals surface area contributed by atoms with Crippen LogP contribution in [0, 0.1) is 5.82 Å². The van der Waals surface area contributed by atoms with E-state index >= 15 is 0 Å². The zero-order valence-corrected chi connectivity index (χ0v) is 11.9. The zero-order valence-electron chi connectivity index (χ0n) is 11.9. The predicted molar refractivity (Wildman–Crippen MR) is 76.0 cm³/mol. The summed E-state index contributed by atoms with van der Waals surface area (Å²) in [5.74, 6) is 0.0766. The van der Waals surface area contributed by atoms with Gasteiger partial charge in [-0.1, -0.05) is 25.3 Å². The van der Waals surface area contributed by atoms with Crippen LogP contribution >= 0.6 is 0 Å². The van der Waals surface area contributed by atoms with Gasteiger partial charge in [0.25, 0.3) is 0 Å². The second-order valence-electron chi connectivity index (χ2n) is 5.35. The third-order valence-electron chi connectivity index (χ3n) is 3.85. The van der Waals surface area contributed by atoms with E-state index in [1.807, 2.05) is 13.0 Å². The molecule has 106 valence electrons. The Labute approximate surface area is 115 Å². The Kier molecular flexibility index (Phi) is 5.20. The molecule has 19 heavy (non-hydrogen) atoms. The molecule has 0 radical (unpaired) electrons. The van der Waals surface area contributed by atoms with Crippen molar-refractivity contribution in [2.45, 2.75) is 58.0 Å². The third-order valence-corrected chi connectivity index (χ3v) is 3.85. The van der Waals surface area contributed by atoms with E-state index in [0.717, 1.165) is 5.56 Å². The van der Waals surface area contributed by atoms with Gasteiger partial charge in [0.1, 0.15) is 0 Å². The standard InChI is InChI=1S/C16H24FNO/c1-3-19-16-10-9-13(11-15(16)17)12(2)18-14-7-5-4-6-8-14/h9-12,14,18H,3-8H2,1-2H3/t12-/m0/s1. The molecule has 0 bridgehead atoms. The summed E-state index contributed by atoms with van der Waals surface area (Å²) < 4.78 is 19.0. The topological polar surface area (TPSA) is 21.3 Å². The molecule has 2 nitrogen and oxygen atoms in total. The SMILES string of the molecule is CCOc1ccc([C@H](C)NC2CCCCC2)cc1F. The smallest absolute Gasteiger partial charge is 0.165 e. The number of ether oxygens (including phenoxy) is 1. The maximum atomic E-state index is 13.8. The van der Waals surface area contributed by atoms with Crippen LogP contribution in [0.4, 0.5) is 4.39 Å². The summed E-state index contributed by atoms with van der Waals surface area (Å²) in [6.07, 6.45) is 6.45. The molecule has 1 saturated carbocycles. The van der Waals surface area contributed by atoms with E-state index in [0.29, 0.717) is 18.4 Å². The third kappa shape index (κ3) is 3.93. The Morgan fingerprint density at radius 1 is 1.32 bits per heavy atom. The fourth-order valence-electron chi connectivity index (χ4n) is 2.78. The average Bonchev–Trinajstić information content (AvgIpc) is 2.42. The highest BCUT2D eigenvalue weighted by Gasteiger charge is 2.17. The van der Waals surface area contributed by atoms with Crippen molar-refractivity contribution >= 4 is 0 Å². The number of rotatable bonds is 5. The van der Waals surface area contributed by atoms with Crippen molar-refractivity contribution in [3.8, 4) is 5.75 Å². The lowest BCUT2D eigenvalue weighted by molar-refractivity contribution is 0.320. The molecule has 0 saturated heterocycles. The molecule has 0 spiro atoms. The summed E-state index contributed by atoms with van der Waals surface area (Å²) in [6.45, 7) is 4.45. The molecular formula is C16H24FNO. The summed E-state index contributed by atoms with van der Waals surface area (Å²) in [4.78, 5) is 0. The van der Waals surface area contributed by atoms with E-state index in [1.165, 1.54) is 32.1 Å². The van der Waals surface area contributed by atoms with Crippen molar-refractivity contribution in [3.05, 3.63) is 29.6 Å². The molecule has 3 heteroatoms. The molecule has 1 aliphatic rings. The molecule has 2 rings (SSSR count). The second kappa shape index (κ2) is 6.90. The van der Waals surface area contributed by atoms with Gasteiger partial charge in [0.15, 0.2) is 11.6 Å². The van der Waals surface area contributed by atoms with Gasteiger partial charge >= 0.3 is 0 Å². The van der Waals surface area contributed by atoms with Crippen molar-refractivity contribution < 1.29 is 9.13 Å². The lowest BCUT2D eigenvalue weighted by Gasteiger charge is -2.27. The van der Waals surface area contributed by atoms with E-state index in [-0.39, 0.29) is 11.9 Å². The normalized spacial score (nSPS) is 18.3. The van der Waals surface area contributed by atoms with Crippen molar-refractivity contribution in [2.24, 2.45) is 0 Å². The number of halogens is 1. The van der Waals surface area contributed by atoms with E-state index in [4.69, 9.17) is 4.74 Å². The van der Waals surface area contributed by atoms with Crippen LogP contribution in [0.1, 0.15) is 57.6 Å². The van der Waals surface area contributed by atoms with Crippen LogP contribution in [0.3, 0.4) is 0 Å². The maximum absolute atomic E-state index is 13.8. The first-order valence-corrected chi connectivity index (χ1v) is 7.39. The molecule has 0 amide bonds. The highest BCUT2D eigenvalue weighted by atomic mass is 19.1. The molecule has 1 aliphatic carbocycles. The summed E-state index contributed by atoms with van der Waals surface area (Å²) >= 11 is 0. The number of hydrogen-bond donors (Lipinski definition) is 1. The quantitative estimate of drug-likeness (QED) is 0.861. The van der Waals surface area contributed by atoms with Crippen molar-refractivity contribution in [1.82, 2.24) is 5.32 Å². The van der Waals surface area contributed by atoms with Gasteiger partial charge in [0.2, 0.25) is 0 Å². The van der Waals surface area contributed by atoms with Crippen LogP contribution in [0.15, 0.2) is 18.2 Å². The zero-order chi connectivity index (χ0) is 13.7. The summed E-state index contributed by atoms with van der Waals surface area (Å²) in [5, 5.41) is 3.61. The predicted octanol–water partition coefficient (Wildman–Crippen LogP) is 4.21. The van der Waals surface area contributed by atoms with Crippen LogP contribution in [-0.2, 0) is 0 Å². The first-order valence-electron chi connectivity index (χ1n) is 7.39. The molecule has 0 heterocycles. The lowest BCUT2D eigenvalue weighted by Crippen LogP contribution is -2.33. The van der Waals surface area contributed by atoms with Gasteiger partial charge < -0.3 is 10.1 Å². The van der Waals surface area contributed by atoms with Crippen molar-refractivity contribution in [2.75, 3.05) is 6.61 Å². The van der Waals surface area contributed by atoms with Crippen LogP contribution in [-0.4, -0.2) is 12.6 Å². The van der Waals surface area contributed by atoms with E-state index < -0.39 is 0 Å². The summed E-state index contributed by atoms with van der Waals surface area (Å²) in [7, 11) is 0. The van der Waals surface area contributed by atoms with Crippen LogP contribution < -0.4 is 10.1 Å². The van der Waals surface area contributed by atoms with Crippen molar-refractivity contribution in [3.63, 3.8) is 0 Å². The first-order chi connectivity index (χ1) is 9.20. The highest BCUT2D eigenvalue weighted by molar-refractivity contribution is 5.31. The fraction of sp³-hybridized carbons (Fsp3) is 0.625. The van der Waals surface area contributed by atoms with Gasteiger partial charge in [-0.25, -0.2) is 4.39 Å². The van der Waals surface area contributed by atoms with E-state index in [2.05, 4.69) is 12.2 Å². The van der Waals surface area contributed by atoms with E-state index in [1.54, 1.807) is 12.1 Å². The largest absolute Gasteiger partial charge is 0.491 e. The highest BCUT2D eigenvalue weighted by Crippen LogP contribution is 2.24. The Morgan fingerprint density at radius 3 is 2.68 bits per heavy atom. The van der Waals surface area contributed by atoms with Gasteiger partial charge in [-0.2, -0.15) is 0 Å². The Hall–Kier alpha value is -1.09. The van der Waals surface area contributed by atoms with E-state index in [9.17, 15) is 4.39 Å². The minimum Gasteiger partial charge on any atom is -0.491 e. The van der Waals surface area contributed by atoms with Gasteiger partial charge in [-0.3, -0.25) is 0 Å². The molecule has 0 aromatic heterocycles. The maximum Gasteiger partial charge on any atom is 0.165 e. The Balaban J connectivity index is 1.98. The minimum absolute atomic E-state index is 0.188. The molecule has 0 unspecified atom stereocenters. The second-order valence-corrected chi connectivity index (χ2v) is 5.35. The molecule has 1 N–H and O–H groups in total. The van der Waals surface area contributed by atoms with Gasteiger partial charge in [-0.05, 0) is 44.4 Å². The molecule has 1 aromatic rings. The molecule has 0 aliphatic heterocycles. The lowest BCUT2D eigenvalue weighted by atomic mass is 9.94. The first kappa shape index (κ1) is 14.3. The fourth-order valence-corrected chi connectivity index (χ4v) is 2.78. The van der Waals surface area contributed by atoms with Crippen molar-refractivity contribution in [1.29, 1.82) is 0 Å². The van der Waals surface area contributed by atoms with Crippen LogP contribution in [0.5, 0.6) is 5.75 Å². The molecule has 1 atom stereocenters. The average molecular weight is 265 g/mol. The number of nitrogens with one attached hydrogen (secondary N) is 1. The summed E-state index contributed by atoms with van der Waals surface area (Å²) in [6, 6.07) is 6.04. The Bertz CT molecular complexity index is 402. The van der Waals surface area contributed by atoms with Crippen LogP contribution in [0.25, 0.3) is 0 Å². The molecular weight excluding hydrogens is 241 g/mol. The minimum atomic E-state index is -0.267. The number of hydrogen-bond acceptors (Lipinski definition) is 2. The molecule has 1 fully saturated rings. The summed E-state index contributed by atoms with van der Waals surface area (Å²) in [5.41, 5.74) is 0.992. The van der Waals surface area contributed by atoms with Gasteiger partial charge in [0, 0.05) is 12.1 Å². The molecule has 1 aromatic carbocycles. The monoisotopic (exact) mass is 265 g/mol. The van der Waals surface area contributed by atoms with Gasteiger partial charge in [-0.15, -0.1) is 0 Å². The van der Waals surface area contributed by atoms with Crippen LogP contribution in [0.2, 0.25) is 0 Å². The van der Waals surface area contributed by atoms with Gasteiger partial charge in [0.05, 0.1) is 6.61 Å².